The number of rotatable bonds is 5. The van der Waals surface area contributed by atoms with Crippen molar-refractivity contribution in [3.8, 4) is 0 Å². The maximum Gasteiger partial charge on any atom is 0.339 e. The molecular weight excluding hydrogens is 251 g/mol. The maximum absolute atomic E-state index is 13.2. The van der Waals surface area contributed by atoms with E-state index in [-0.39, 0.29) is 5.92 Å². The molecule has 4 nitrogen and oxygen atoms in total. The average Bonchev–Trinajstić information content (AvgIpc) is 2.74. The van der Waals surface area contributed by atoms with Crippen molar-refractivity contribution in [1.29, 1.82) is 0 Å². The first kappa shape index (κ1) is 14.3. The Bertz CT molecular complexity index is 358. The summed E-state index contributed by atoms with van der Waals surface area (Å²) in [5.41, 5.74) is 0. The van der Waals surface area contributed by atoms with Crippen LogP contribution in [-0.4, -0.2) is 31.6 Å². The molecule has 5 heteroatoms. The Balaban J connectivity index is 2.36. The zero-order valence-corrected chi connectivity index (χ0v) is 12.3. The van der Waals surface area contributed by atoms with Gasteiger partial charge in [-0.1, -0.05) is 19.1 Å². The highest BCUT2D eigenvalue weighted by Crippen LogP contribution is 2.68. The van der Waals surface area contributed by atoms with E-state index >= 15 is 0 Å². The zero-order valence-electron chi connectivity index (χ0n) is 11.4. The minimum atomic E-state index is -3.13. The number of ether oxygens (including phenoxy) is 1. The fraction of sp³-hybridized carbons (Fsp3) is 0.846. The van der Waals surface area contributed by atoms with E-state index < -0.39 is 12.8 Å². The van der Waals surface area contributed by atoms with E-state index in [1.165, 1.54) is 0 Å². The highest BCUT2D eigenvalue weighted by Gasteiger charge is 2.59. The Hall–Kier alpha value is -0.150. The van der Waals surface area contributed by atoms with Crippen molar-refractivity contribution in [2.45, 2.75) is 32.3 Å². The molecule has 0 aromatic heterocycles. The van der Waals surface area contributed by atoms with E-state index in [2.05, 4.69) is 19.1 Å². The van der Waals surface area contributed by atoms with Crippen LogP contribution in [0.15, 0.2) is 12.2 Å². The first-order valence-corrected chi connectivity index (χ1v) is 8.27. The third-order valence-electron chi connectivity index (χ3n) is 3.83. The number of hydrogen-bond donors (Lipinski definition) is 0. The predicted octanol–water partition coefficient (Wildman–Crippen LogP) is 3.23. The number of hydrogen-bond acceptors (Lipinski definition) is 4. The molecule has 3 atom stereocenters. The van der Waals surface area contributed by atoms with Crippen molar-refractivity contribution in [2.75, 3.05) is 26.4 Å². The van der Waals surface area contributed by atoms with Crippen LogP contribution >= 0.6 is 7.60 Å². The summed E-state index contributed by atoms with van der Waals surface area (Å²) < 4.78 is 29.9. The lowest BCUT2D eigenvalue weighted by Gasteiger charge is -2.41. The summed E-state index contributed by atoms with van der Waals surface area (Å²) in [5.74, 6) is 0.537. The Morgan fingerprint density at radius 1 is 1.33 bits per heavy atom. The summed E-state index contributed by atoms with van der Waals surface area (Å²) in [6.45, 7) is 7.75. The number of allylic oxidation sites excluding steroid dienone is 1. The fourth-order valence-electron chi connectivity index (χ4n) is 3.05. The summed E-state index contributed by atoms with van der Waals surface area (Å²) in [6, 6.07) is 0. The van der Waals surface area contributed by atoms with Crippen molar-refractivity contribution in [3.05, 3.63) is 12.2 Å². The van der Waals surface area contributed by atoms with E-state index in [4.69, 9.17) is 13.8 Å². The van der Waals surface area contributed by atoms with Gasteiger partial charge in [0.05, 0.1) is 26.4 Å². The van der Waals surface area contributed by atoms with E-state index in [0.717, 1.165) is 6.42 Å². The fourth-order valence-corrected chi connectivity index (χ4v) is 5.64. The molecule has 1 aliphatic carbocycles. The molecule has 0 N–H and O–H groups in total. The molecule has 0 saturated carbocycles. The van der Waals surface area contributed by atoms with Gasteiger partial charge in [0.25, 0.3) is 0 Å². The van der Waals surface area contributed by atoms with Crippen LogP contribution in [-0.2, 0) is 18.3 Å². The number of fused-ring (bicyclic) bond motifs is 1. The second-order valence-electron chi connectivity index (χ2n) is 5.12. The van der Waals surface area contributed by atoms with Crippen LogP contribution in [0, 0.1) is 11.8 Å². The van der Waals surface area contributed by atoms with Gasteiger partial charge in [0.15, 0.2) is 0 Å². The van der Waals surface area contributed by atoms with E-state index in [0.29, 0.717) is 32.3 Å². The Kier molecular flexibility index (Phi) is 4.32. The highest BCUT2D eigenvalue weighted by molar-refractivity contribution is 7.55. The Morgan fingerprint density at radius 3 is 2.61 bits per heavy atom. The minimum Gasteiger partial charge on any atom is -0.380 e. The monoisotopic (exact) mass is 274 g/mol. The topological polar surface area (TPSA) is 44.8 Å². The molecule has 2 aliphatic rings. The molecule has 104 valence electrons. The SMILES string of the molecule is CCOP(=O)(OCC)[C@@]12COC[C@@H]1C=C[C@H](C)C2. The predicted molar refractivity (Wildman–Crippen MR) is 70.8 cm³/mol. The van der Waals surface area contributed by atoms with Gasteiger partial charge in [0, 0.05) is 5.92 Å². The average molecular weight is 274 g/mol. The molecule has 0 spiro atoms. The minimum absolute atomic E-state index is 0.151. The lowest BCUT2D eigenvalue weighted by atomic mass is 9.81. The second kappa shape index (κ2) is 5.46. The van der Waals surface area contributed by atoms with Gasteiger partial charge in [-0.05, 0) is 26.2 Å². The molecule has 0 aromatic rings. The molecule has 0 unspecified atom stereocenters. The van der Waals surface area contributed by atoms with Crippen LogP contribution in [0.2, 0.25) is 0 Å². The van der Waals surface area contributed by atoms with Gasteiger partial charge >= 0.3 is 7.60 Å². The molecule has 0 bridgehead atoms. The molecule has 1 saturated heterocycles. The molecule has 0 amide bonds. The quantitative estimate of drug-likeness (QED) is 0.570. The standard InChI is InChI=1S/C13H23O4P/c1-4-16-18(14,17-5-2)13-8-11(3)6-7-12(13)9-15-10-13/h6-7,11-12H,4-5,8-10H2,1-3H3/t11-,12-,13-/m0/s1. The first-order valence-electron chi connectivity index (χ1n) is 6.73. The summed E-state index contributed by atoms with van der Waals surface area (Å²) in [7, 11) is -3.13. The smallest absolute Gasteiger partial charge is 0.339 e. The van der Waals surface area contributed by atoms with Gasteiger partial charge in [-0.25, -0.2) is 0 Å². The van der Waals surface area contributed by atoms with Crippen molar-refractivity contribution in [3.63, 3.8) is 0 Å². The Labute approximate surface area is 109 Å². The second-order valence-corrected chi connectivity index (χ2v) is 7.53. The van der Waals surface area contributed by atoms with E-state index in [1.54, 1.807) is 0 Å². The van der Waals surface area contributed by atoms with Gasteiger partial charge in [-0.2, -0.15) is 0 Å². The van der Waals surface area contributed by atoms with Crippen LogP contribution in [0.1, 0.15) is 27.2 Å². The molecule has 0 radical (unpaired) electrons. The highest BCUT2D eigenvalue weighted by atomic mass is 31.2. The van der Waals surface area contributed by atoms with Gasteiger partial charge in [-0.3, -0.25) is 4.57 Å². The van der Waals surface area contributed by atoms with Crippen molar-refractivity contribution in [2.24, 2.45) is 11.8 Å². The van der Waals surface area contributed by atoms with Gasteiger partial charge < -0.3 is 13.8 Å². The third kappa shape index (κ3) is 2.20. The molecule has 0 aromatic carbocycles. The maximum atomic E-state index is 13.2. The van der Waals surface area contributed by atoms with E-state index in [1.807, 2.05) is 13.8 Å². The van der Waals surface area contributed by atoms with Gasteiger partial charge in [-0.15, -0.1) is 0 Å². The molecule has 1 aliphatic heterocycles. The van der Waals surface area contributed by atoms with Gasteiger partial charge in [0.1, 0.15) is 5.16 Å². The first-order chi connectivity index (χ1) is 8.58. The van der Waals surface area contributed by atoms with Crippen molar-refractivity contribution in [1.82, 2.24) is 0 Å². The zero-order chi connectivity index (χ0) is 13.2. The molecule has 18 heavy (non-hydrogen) atoms. The van der Waals surface area contributed by atoms with Crippen LogP contribution in [0.4, 0.5) is 0 Å². The van der Waals surface area contributed by atoms with Crippen LogP contribution in [0.25, 0.3) is 0 Å². The van der Waals surface area contributed by atoms with Crippen molar-refractivity contribution < 1.29 is 18.3 Å². The third-order valence-corrected chi connectivity index (χ3v) is 6.76. The summed E-state index contributed by atoms with van der Waals surface area (Å²) in [6.07, 6.45) is 5.12. The van der Waals surface area contributed by atoms with Gasteiger partial charge in [0.2, 0.25) is 0 Å². The van der Waals surface area contributed by atoms with Crippen LogP contribution in [0.5, 0.6) is 0 Å². The molecule has 2 rings (SSSR count). The van der Waals surface area contributed by atoms with E-state index in [9.17, 15) is 4.57 Å². The van der Waals surface area contributed by atoms with Crippen LogP contribution < -0.4 is 0 Å². The van der Waals surface area contributed by atoms with Crippen LogP contribution in [0.3, 0.4) is 0 Å². The van der Waals surface area contributed by atoms with Crippen molar-refractivity contribution >= 4 is 7.60 Å². The Morgan fingerprint density at radius 2 is 2.00 bits per heavy atom. The molecular formula is C13H23O4P. The summed E-state index contributed by atoms with van der Waals surface area (Å²) >= 11 is 0. The molecule has 1 heterocycles. The summed E-state index contributed by atoms with van der Waals surface area (Å²) in [5, 5.41) is -0.479. The lowest BCUT2D eigenvalue weighted by molar-refractivity contribution is 0.158. The largest absolute Gasteiger partial charge is 0.380 e. The molecule has 1 fully saturated rings. The summed E-state index contributed by atoms with van der Waals surface area (Å²) in [4.78, 5) is 0. The lowest BCUT2D eigenvalue weighted by Crippen LogP contribution is -2.41. The normalized spacial score (nSPS) is 35.7.